The van der Waals surface area contributed by atoms with Crippen LogP contribution in [-0.2, 0) is 4.79 Å². The quantitative estimate of drug-likeness (QED) is 0.850. The van der Waals surface area contributed by atoms with Crippen molar-refractivity contribution < 1.29 is 19.5 Å². The SMILES string of the molecule is Cc1cccc(N(CCC(N)=O)C(=O)c2cccc(C(=O)O)c2)c1. The molecule has 3 N–H and O–H groups in total. The van der Waals surface area contributed by atoms with Gasteiger partial charge in [-0.3, -0.25) is 9.59 Å². The van der Waals surface area contributed by atoms with E-state index in [0.717, 1.165) is 5.56 Å². The molecule has 2 amide bonds. The molecule has 0 bridgehead atoms. The number of amides is 2. The average Bonchev–Trinajstić information content (AvgIpc) is 2.54. The van der Waals surface area contributed by atoms with Gasteiger partial charge >= 0.3 is 5.97 Å². The Kier molecular flexibility index (Phi) is 5.31. The predicted molar refractivity (Wildman–Crippen MR) is 90.1 cm³/mol. The molecular weight excluding hydrogens is 308 g/mol. The van der Waals surface area contributed by atoms with Crippen LogP contribution < -0.4 is 10.6 Å². The van der Waals surface area contributed by atoms with E-state index in [1.807, 2.05) is 25.1 Å². The van der Waals surface area contributed by atoms with Crippen molar-refractivity contribution in [1.82, 2.24) is 0 Å². The molecule has 24 heavy (non-hydrogen) atoms. The maximum Gasteiger partial charge on any atom is 0.335 e. The lowest BCUT2D eigenvalue weighted by atomic mass is 10.1. The van der Waals surface area contributed by atoms with E-state index in [0.29, 0.717) is 5.69 Å². The van der Waals surface area contributed by atoms with E-state index in [1.165, 1.54) is 23.1 Å². The first kappa shape index (κ1) is 17.2. The zero-order valence-electron chi connectivity index (χ0n) is 13.2. The standard InChI is InChI=1S/C18H18N2O4/c1-12-4-2-7-15(10-12)20(9-8-16(19)21)17(22)13-5-3-6-14(11-13)18(23)24/h2-7,10-11H,8-9H2,1H3,(H2,19,21)(H,23,24). The summed E-state index contributed by atoms with van der Waals surface area (Å²) in [5, 5.41) is 9.07. The summed E-state index contributed by atoms with van der Waals surface area (Å²) in [7, 11) is 0. The van der Waals surface area contributed by atoms with Crippen LogP contribution in [-0.4, -0.2) is 29.4 Å². The number of anilines is 1. The Hall–Kier alpha value is -3.15. The van der Waals surface area contributed by atoms with Crippen LogP contribution >= 0.6 is 0 Å². The lowest BCUT2D eigenvalue weighted by Crippen LogP contribution is -2.34. The van der Waals surface area contributed by atoms with Crippen molar-refractivity contribution in [3.63, 3.8) is 0 Å². The predicted octanol–water partition coefficient (Wildman–Crippen LogP) is 2.22. The van der Waals surface area contributed by atoms with E-state index >= 15 is 0 Å². The normalized spacial score (nSPS) is 10.2. The number of carboxylic acid groups (broad SMARTS) is 1. The summed E-state index contributed by atoms with van der Waals surface area (Å²) in [6.07, 6.45) is 0.0122. The summed E-state index contributed by atoms with van der Waals surface area (Å²) in [6, 6.07) is 13.1. The van der Waals surface area contributed by atoms with Gasteiger partial charge in [0.15, 0.2) is 0 Å². The summed E-state index contributed by atoms with van der Waals surface area (Å²) in [5.41, 5.74) is 7.05. The molecule has 6 nitrogen and oxygen atoms in total. The van der Waals surface area contributed by atoms with Crippen molar-refractivity contribution in [3.8, 4) is 0 Å². The third kappa shape index (κ3) is 4.19. The molecule has 0 radical (unpaired) electrons. The number of hydrogen-bond acceptors (Lipinski definition) is 3. The summed E-state index contributed by atoms with van der Waals surface area (Å²) >= 11 is 0. The number of rotatable bonds is 6. The highest BCUT2D eigenvalue weighted by atomic mass is 16.4. The van der Waals surface area contributed by atoms with Crippen LogP contribution in [0.15, 0.2) is 48.5 Å². The Morgan fingerprint density at radius 3 is 2.33 bits per heavy atom. The van der Waals surface area contributed by atoms with Crippen LogP contribution in [0.4, 0.5) is 5.69 Å². The Labute approximate surface area is 139 Å². The summed E-state index contributed by atoms with van der Waals surface area (Å²) in [6.45, 7) is 2.01. The number of aromatic carboxylic acids is 1. The average molecular weight is 326 g/mol. The first-order chi connectivity index (χ1) is 11.4. The van der Waals surface area contributed by atoms with Crippen molar-refractivity contribution in [2.45, 2.75) is 13.3 Å². The van der Waals surface area contributed by atoms with Crippen LogP contribution in [0.1, 0.15) is 32.7 Å². The minimum absolute atomic E-state index is 0.0122. The number of nitrogens with two attached hydrogens (primary N) is 1. The van der Waals surface area contributed by atoms with Crippen LogP contribution in [0.3, 0.4) is 0 Å². The Balaban J connectivity index is 2.38. The highest BCUT2D eigenvalue weighted by Crippen LogP contribution is 2.20. The smallest absolute Gasteiger partial charge is 0.335 e. The Bertz CT molecular complexity index is 786. The van der Waals surface area contributed by atoms with Gasteiger partial charge in [-0.2, -0.15) is 0 Å². The van der Waals surface area contributed by atoms with Crippen LogP contribution in [0, 0.1) is 6.92 Å². The van der Waals surface area contributed by atoms with Crippen molar-refractivity contribution in [3.05, 3.63) is 65.2 Å². The molecule has 0 heterocycles. The molecule has 2 aromatic rings. The van der Waals surface area contributed by atoms with Gasteiger partial charge < -0.3 is 15.7 Å². The van der Waals surface area contributed by atoms with E-state index in [-0.39, 0.29) is 30.0 Å². The third-order valence-electron chi connectivity index (χ3n) is 3.50. The van der Waals surface area contributed by atoms with E-state index < -0.39 is 11.9 Å². The maximum absolute atomic E-state index is 12.8. The van der Waals surface area contributed by atoms with E-state index in [4.69, 9.17) is 10.8 Å². The lowest BCUT2D eigenvalue weighted by molar-refractivity contribution is -0.117. The monoisotopic (exact) mass is 326 g/mol. The number of nitrogens with zero attached hydrogens (tertiary/aromatic N) is 1. The number of carbonyl (C=O) groups is 3. The van der Waals surface area contributed by atoms with Gasteiger partial charge in [-0.25, -0.2) is 4.79 Å². The second-order valence-electron chi connectivity index (χ2n) is 5.40. The van der Waals surface area contributed by atoms with Crippen molar-refractivity contribution in [2.75, 3.05) is 11.4 Å². The minimum Gasteiger partial charge on any atom is -0.478 e. The molecule has 0 aromatic heterocycles. The number of primary amides is 1. The van der Waals surface area contributed by atoms with Crippen molar-refractivity contribution in [2.24, 2.45) is 5.73 Å². The molecule has 0 saturated heterocycles. The van der Waals surface area contributed by atoms with E-state index in [2.05, 4.69) is 0 Å². The summed E-state index contributed by atoms with van der Waals surface area (Å²) in [4.78, 5) is 36.5. The largest absolute Gasteiger partial charge is 0.478 e. The maximum atomic E-state index is 12.8. The lowest BCUT2D eigenvalue weighted by Gasteiger charge is -2.23. The molecule has 0 spiro atoms. The molecule has 0 unspecified atom stereocenters. The highest BCUT2D eigenvalue weighted by molar-refractivity contribution is 6.07. The number of carbonyl (C=O) groups excluding carboxylic acids is 2. The van der Waals surface area contributed by atoms with Gasteiger partial charge in [-0.15, -0.1) is 0 Å². The molecular formula is C18H18N2O4. The fraction of sp³-hybridized carbons (Fsp3) is 0.167. The molecule has 0 aliphatic carbocycles. The number of aryl methyl sites for hydroxylation is 1. The number of hydrogen-bond donors (Lipinski definition) is 2. The fourth-order valence-electron chi connectivity index (χ4n) is 2.31. The van der Waals surface area contributed by atoms with Gasteiger partial charge in [0.05, 0.1) is 5.56 Å². The van der Waals surface area contributed by atoms with Gasteiger partial charge in [0, 0.05) is 24.2 Å². The molecule has 0 aliphatic rings. The molecule has 124 valence electrons. The molecule has 0 saturated carbocycles. The van der Waals surface area contributed by atoms with Gasteiger partial charge in [-0.05, 0) is 42.8 Å². The molecule has 6 heteroatoms. The van der Waals surface area contributed by atoms with Gasteiger partial charge in [0.2, 0.25) is 5.91 Å². The summed E-state index contributed by atoms with van der Waals surface area (Å²) < 4.78 is 0. The van der Waals surface area contributed by atoms with Crippen LogP contribution in [0.25, 0.3) is 0 Å². The first-order valence-corrected chi connectivity index (χ1v) is 7.38. The van der Waals surface area contributed by atoms with Crippen molar-refractivity contribution >= 4 is 23.5 Å². The minimum atomic E-state index is -1.11. The number of benzene rings is 2. The molecule has 0 atom stereocenters. The zero-order chi connectivity index (χ0) is 17.7. The van der Waals surface area contributed by atoms with Gasteiger partial charge in [0.1, 0.15) is 0 Å². The molecule has 2 rings (SSSR count). The van der Waals surface area contributed by atoms with E-state index in [9.17, 15) is 14.4 Å². The third-order valence-corrected chi connectivity index (χ3v) is 3.50. The molecule has 0 fully saturated rings. The van der Waals surface area contributed by atoms with E-state index in [1.54, 1.807) is 12.1 Å². The summed E-state index contributed by atoms with van der Waals surface area (Å²) in [5.74, 6) is -2.01. The van der Waals surface area contributed by atoms with Gasteiger partial charge in [0.25, 0.3) is 5.91 Å². The zero-order valence-corrected chi connectivity index (χ0v) is 13.2. The first-order valence-electron chi connectivity index (χ1n) is 7.38. The molecule has 0 aliphatic heterocycles. The Morgan fingerprint density at radius 1 is 1.04 bits per heavy atom. The van der Waals surface area contributed by atoms with Crippen LogP contribution in [0.5, 0.6) is 0 Å². The van der Waals surface area contributed by atoms with Crippen molar-refractivity contribution in [1.29, 1.82) is 0 Å². The van der Waals surface area contributed by atoms with Crippen LogP contribution in [0.2, 0.25) is 0 Å². The second-order valence-corrected chi connectivity index (χ2v) is 5.40. The fourth-order valence-corrected chi connectivity index (χ4v) is 2.31. The highest BCUT2D eigenvalue weighted by Gasteiger charge is 2.19. The number of carboxylic acids is 1. The second kappa shape index (κ2) is 7.41. The molecule has 2 aromatic carbocycles. The Morgan fingerprint density at radius 2 is 1.71 bits per heavy atom. The topological polar surface area (TPSA) is 101 Å². The van der Waals surface area contributed by atoms with Gasteiger partial charge in [-0.1, -0.05) is 18.2 Å².